The molecule has 4 nitrogen and oxygen atoms in total. The highest BCUT2D eigenvalue weighted by Crippen LogP contribution is 2.31. The highest BCUT2D eigenvalue weighted by Gasteiger charge is 2.32. The number of carbonyl (C=O) groups excluding carboxylic acids is 2. The van der Waals surface area contributed by atoms with Crippen molar-refractivity contribution in [3.8, 4) is 0 Å². The van der Waals surface area contributed by atoms with Gasteiger partial charge in [0.2, 0.25) is 0 Å². The summed E-state index contributed by atoms with van der Waals surface area (Å²) in [5.41, 5.74) is 5.49. The summed E-state index contributed by atoms with van der Waals surface area (Å²) < 4.78 is 0. The summed E-state index contributed by atoms with van der Waals surface area (Å²) in [6.45, 7) is 1.34. The largest absolute Gasteiger partial charge is 0.347 e. The molecule has 4 heteroatoms. The first kappa shape index (κ1) is 18.4. The standard InChI is InChI=1S/C26H22N2O2/c29-25(26(30)28-17-15-21-11-5-7-13-24(21)28)22(19-8-2-1-3-9-19)18-27-16-14-20-10-4-6-12-23(20)27/h1-13,18H,14-17H2/b22-18+. The molecule has 0 N–H and O–H groups in total. The van der Waals surface area contributed by atoms with Gasteiger partial charge in [0.25, 0.3) is 11.7 Å². The quantitative estimate of drug-likeness (QED) is 0.491. The molecule has 5 rings (SSSR count). The number of Topliss-reactive ketones (excluding diaryl/α,β-unsaturated/α-hetero) is 1. The van der Waals surface area contributed by atoms with Crippen LogP contribution >= 0.6 is 0 Å². The van der Waals surface area contributed by atoms with Gasteiger partial charge in [0, 0.05) is 30.7 Å². The van der Waals surface area contributed by atoms with Gasteiger partial charge in [-0.25, -0.2) is 0 Å². The van der Waals surface area contributed by atoms with E-state index in [-0.39, 0.29) is 0 Å². The lowest BCUT2D eigenvalue weighted by molar-refractivity contribution is -0.132. The molecule has 0 aromatic heterocycles. The van der Waals surface area contributed by atoms with Gasteiger partial charge < -0.3 is 9.80 Å². The summed E-state index contributed by atoms with van der Waals surface area (Å²) in [6.07, 6.45) is 3.55. The molecule has 3 aromatic rings. The van der Waals surface area contributed by atoms with E-state index in [2.05, 4.69) is 17.0 Å². The average molecular weight is 394 g/mol. The number of carbonyl (C=O) groups is 2. The van der Waals surface area contributed by atoms with Crippen LogP contribution in [0.25, 0.3) is 5.57 Å². The molecule has 148 valence electrons. The number of hydrogen-bond donors (Lipinski definition) is 0. The minimum Gasteiger partial charge on any atom is -0.347 e. The topological polar surface area (TPSA) is 40.6 Å². The number of anilines is 2. The monoisotopic (exact) mass is 394 g/mol. The zero-order valence-corrected chi connectivity index (χ0v) is 16.6. The fourth-order valence-electron chi connectivity index (χ4n) is 4.32. The number of hydrogen-bond acceptors (Lipinski definition) is 3. The fourth-order valence-corrected chi connectivity index (χ4v) is 4.32. The van der Waals surface area contributed by atoms with Gasteiger partial charge in [0.1, 0.15) is 0 Å². The Morgan fingerprint density at radius 2 is 1.30 bits per heavy atom. The number of nitrogens with zero attached hydrogens (tertiary/aromatic N) is 2. The molecule has 3 aromatic carbocycles. The predicted molar refractivity (Wildman–Crippen MR) is 119 cm³/mol. The summed E-state index contributed by atoms with van der Waals surface area (Å²) >= 11 is 0. The molecular weight excluding hydrogens is 372 g/mol. The molecule has 0 saturated carbocycles. The van der Waals surface area contributed by atoms with Crippen LogP contribution in [0.2, 0.25) is 0 Å². The third-order valence-electron chi connectivity index (χ3n) is 5.86. The first-order chi connectivity index (χ1) is 14.7. The molecular formula is C26H22N2O2. The Balaban J connectivity index is 1.52. The minimum atomic E-state index is -0.470. The van der Waals surface area contributed by atoms with Crippen LogP contribution in [-0.2, 0) is 22.4 Å². The molecule has 0 saturated heterocycles. The summed E-state index contributed by atoms with van der Waals surface area (Å²) in [6, 6.07) is 25.5. The van der Waals surface area contributed by atoms with Crippen molar-refractivity contribution in [2.24, 2.45) is 0 Å². The molecule has 0 unspecified atom stereocenters. The number of amides is 1. The molecule has 0 spiro atoms. The van der Waals surface area contributed by atoms with Gasteiger partial charge in [-0.3, -0.25) is 9.59 Å². The van der Waals surface area contributed by atoms with Crippen molar-refractivity contribution in [2.75, 3.05) is 22.9 Å². The zero-order chi connectivity index (χ0) is 20.5. The summed E-state index contributed by atoms with van der Waals surface area (Å²) in [5.74, 6) is -0.940. The van der Waals surface area contributed by atoms with Gasteiger partial charge in [0.15, 0.2) is 0 Å². The second kappa shape index (κ2) is 7.64. The van der Waals surface area contributed by atoms with Crippen molar-refractivity contribution >= 4 is 28.6 Å². The van der Waals surface area contributed by atoms with Crippen LogP contribution in [-0.4, -0.2) is 24.8 Å². The van der Waals surface area contributed by atoms with E-state index in [1.807, 2.05) is 72.9 Å². The molecule has 2 aliphatic heterocycles. The van der Waals surface area contributed by atoms with E-state index in [1.165, 1.54) is 5.56 Å². The number of rotatable bonds is 4. The van der Waals surface area contributed by atoms with Gasteiger partial charge >= 0.3 is 0 Å². The highest BCUT2D eigenvalue weighted by molar-refractivity contribution is 6.56. The molecule has 0 aliphatic carbocycles. The Kier molecular flexibility index (Phi) is 4.68. The second-order valence-corrected chi connectivity index (χ2v) is 7.65. The summed E-state index contributed by atoms with van der Waals surface area (Å²) in [5, 5.41) is 0. The molecule has 0 bridgehead atoms. The maximum Gasteiger partial charge on any atom is 0.299 e. The minimum absolute atomic E-state index is 0.432. The summed E-state index contributed by atoms with van der Waals surface area (Å²) in [4.78, 5) is 30.4. The maximum absolute atomic E-state index is 13.5. The van der Waals surface area contributed by atoms with Gasteiger partial charge in [-0.15, -0.1) is 0 Å². The lowest BCUT2D eigenvalue weighted by Gasteiger charge is -2.20. The Labute approximate surface area is 176 Å². The lowest BCUT2D eigenvalue weighted by atomic mass is 10.0. The van der Waals surface area contributed by atoms with Crippen LogP contribution in [0.5, 0.6) is 0 Å². The van der Waals surface area contributed by atoms with Crippen LogP contribution in [0.4, 0.5) is 11.4 Å². The number of benzene rings is 3. The number of fused-ring (bicyclic) bond motifs is 2. The van der Waals surface area contributed by atoms with E-state index in [1.54, 1.807) is 4.90 Å². The lowest BCUT2D eigenvalue weighted by Crippen LogP contribution is -2.36. The van der Waals surface area contributed by atoms with Gasteiger partial charge in [-0.1, -0.05) is 66.7 Å². The van der Waals surface area contributed by atoms with E-state index in [9.17, 15) is 9.59 Å². The average Bonchev–Trinajstić information content (AvgIpc) is 3.41. The number of ketones is 1. The number of para-hydroxylation sites is 2. The van der Waals surface area contributed by atoms with Crippen LogP contribution in [0.3, 0.4) is 0 Å². The highest BCUT2D eigenvalue weighted by atomic mass is 16.2. The normalized spacial score (nSPS) is 15.1. The first-order valence-electron chi connectivity index (χ1n) is 10.3. The molecule has 2 heterocycles. The molecule has 1 amide bonds. The van der Waals surface area contributed by atoms with Gasteiger partial charge in [0.05, 0.1) is 5.57 Å². The Morgan fingerprint density at radius 1 is 0.700 bits per heavy atom. The van der Waals surface area contributed by atoms with Gasteiger partial charge in [-0.05, 0) is 41.7 Å². The van der Waals surface area contributed by atoms with Crippen LogP contribution in [0.15, 0.2) is 85.1 Å². The Hall–Kier alpha value is -3.66. The van der Waals surface area contributed by atoms with Crippen molar-refractivity contribution < 1.29 is 9.59 Å². The van der Waals surface area contributed by atoms with E-state index in [4.69, 9.17) is 0 Å². The smallest absolute Gasteiger partial charge is 0.299 e. The van der Waals surface area contributed by atoms with E-state index >= 15 is 0 Å². The Morgan fingerprint density at radius 3 is 2.07 bits per heavy atom. The van der Waals surface area contributed by atoms with Crippen molar-refractivity contribution in [1.82, 2.24) is 0 Å². The fraction of sp³-hybridized carbons (Fsp3) is 0.154. The SMILES string of the molecule is O=C(C(=O)N1CCc2ccccc21)/C(=C/N1CCc2ccccc21)c1ccccc1. The third kappa shape index (κ3) is 3.20. The third-order valence-corrected chi connectivity index (χ3v) is 5.86. The molecule has 2 aliphatic rings. The zero-order valence-electron chi connectivity index (χ0n) is 16.6. The van der Waals surface area contributed by atoms with Crippen molar-refractivity contribution in [3.05, 3.63) is 102 Å². The van der Waals surface area contributed by atoms with Crippen molar-refractivity contribution in [1.29, 1.82) is 0 Å². The van der Waals surface area contributed by atoms with Crippen molar-refractivity contribution in [3.63, 3.8) is 0 Å². The summed E-state index contributed by atoms with van der Waals surface area (Å²) in [7, 11) is 0. The van der Waals surface area contributed by atoms with Crippen molar-refractivity contribution in [2.45, 2.75) is 12.8 Å². The maximum atomic E-state index is 13.5. The molecule has 0 fully saturated rings. The predicted octanol–water partition coefficient (Wildman–Crippen LogP) is 4.25. The Bertz CT molecular complexity index is 1150. The first-order valence-corrected chi connectivity index (χ1v) is 10.3. The van der Waals surface area contributed by atoms with E-state index < -0.39 is 11.7 Å². The second-order valence-electron chi connectivity index (χ2n) is 7.65. The van der Waals surface area contributed by atoms with Crippen LogP contribution in [0.1, 0.15) is 16.7 Å². The molecule has 0 atom stereocenters. The van der Waals surface area contributed by atoms with Crippen LogP contribution < -0.4 is 9.80 Å². The van der Waals surface area contributed by atoms with Crippen LogP contribution in [0, 0.1) is 0 Å². The van der Waals surface area contributed by atoms with E-state index in [0.717, 1.165) is 41.9 Å². The molecule has 0 radical (unpaired) electrons. The van der Waals surface area contributed by atoms with Gasteiger partial charge in [-0.2, -0.15) is 0 Å². The van der Waals surface area contributed by atoms with E-state index in [0.29, 0.717) is 12.1 Å². The molecule has 30 heavy (non-hydrogen) atoms.